The van der Waals surface area contributed by atoms with Crippen LogP contribution in [-0.4, -0.2) is 51.2 Å². The van der Waals surface area contributed by atoms with Gasteiger partial charge in [0.1, 0.15) is 11.4 Å². The van der Waals surface area contributed by atoms with E-state index in [4.69, 9.17) is 27.3 Å². The number of nitrogens with zero attached hydrogens (tertiary/aromatic N) is 5. The molecule has 0 radical (unpaired) electrons. The van der Waals surface area contributed by atoms with E-state index in [-0.39, 0.29) is 10.9 Å². The largest absolute Gasteiger partial charge is 0.398 e. The molecule has 6 rings (SSSR count). The number of sulfonamides is 1. The van der Waals surface area contributed by atoms with Crippen LogP contribution in [-0.2, 0) is 10.0 Å². The highest BCUT2D eigenvalue weighted by Gasteiger charge is 2.30. The van der Waals surface area contributed by atoms with Crippen molar-refractivity contribution in [3.05, 3.63) is 77.4 Å². The first-order valence-corrected chi connectivity index (χ1v) is 14.8. The van der Waals surface area contributed by atoms with Crippen LogP contribution in [0, 0.1) is 0 Å². The molecule has 1 saturated heterocycles. The number of hydrogen-bond donors (Lipinski definition) is 2. The Hall–Kier alpha value is -3.51. The van der Waals surface area contributed by atoms with Crippen LogP contribution < -0.4 is 11.1 Å². The lowest BCUT2D eigenvalue weighted by atomic mass is 10.1. The van der Waals surface area contributed by atoms with Gasteiger partial charge >= 0.3 is 0 Å². The van der Waals surface area contributed by atoms with Gasteiger partial charge in [0, 0.05) is 53.2 Å². The lowest BCUT2D eigenvalue weighted by molar-refractivity contribution is 0.326. The van der Waals surface area contributed by atoms with Crippen LogP contribution in [0.15, 0.2) is 77.3 Å². The van der Waals surface area contributed by atoms with E-state index in [1.54, 1.807) is 18.3 Å². The third-order valence-electron chi connectivity index (χ3n) is 6.54. The van der Waals surface area contributed by atoms with Gasteiger partial charge in [0.05, 0.1) is 10.6 Å². The monoisotopic (exact) mass is 565 g/mol. The van der Waals surface area contributed by atoms with E-state index in [0.29, 0.717) is 35.4 Å². The van der Waals surface area contributed by atoms with Crippen molar-refractivity contribution in [2.45, 2.75) is 23.8 Å². The predicted molar refractivity (Wildman–Crippen MR) is 151 cm³/mol. The van der Waals surface area contributed by atoms with Crippen molar-refractivity contribution in [1.29, 1.82) is 0 Å². The number of nitrogens with one attached hydrogen (secondary N) is 1. The van der Waals surface area contributed by atoms with E-state index >= 15 is 0 Å². The van der Waals surface area contributed by atoms with Crippen LogP contribution in [0.3, 0.4) is 0 Å². The number of imidazole rings is 1. The summed E-state index contributed by atoms with van der Waals surface area (Å²) in [5.41, 5.74) is 10.0. The lowest BCUT2D eigenvalue weighted by Crippen LogP contribution is -2.45. The third kappa shape index (κ3) is 4.62. The molecule has 0 amide bonds. The number of piperidine rings is 1. The van der Waals surface area contributed by atoms with Crippen molar-refractivity contribution >= 4 is 49.6 Å². The minimum absolute atomic E-state index is 0.142. The molecule has 0 saturated carbocycles. The van der Waals surface area contributed by atoms with Gasteiger partial charge in [-0.05, 0) is 49.2 Å². The zero-order valence-electron chi connectivity index (χ0n) is 20.2. The summed E-state index contributed by atoms with van der Waals surface area (Å²) in [5, 5.41) is 5.83. The maximum absolute atomic E-state index is 13.2. The Morgan fingerprint density at radius 2 is 1.89 bits per heavy atom. The third-order valence-corrected chi connectivity index (χ3v) is 9.43. The van der Waals surface area contributed by atoms with Gasteiger partial charge in [-0.1, -0.05) is 29.8 Å². The molecule has 9 nitrogen and oxygen atoms in total. The van der Waals surface area contributed by atoms with Crippen molar-refractivity contribution in [2.24, 2.45) is 0 Å². The number of nitrogens with two attached hydrogens (primary N) is 1. The van der Waals surface area contributed by atoms with Crippen molar-refractivity contribution < 1.29 is 8.42 Å². The van der Waals surface area contributed by atoms with Crippen molar-refractivity contribution in [2.75, 3.05) is 24.1 Å². The minimum Gasteiger partial charge on any atom is -0.398 e. The van der Waals surface area contributed by atoms with Crippen LogP contribution in [0.4, 0.5) is 11.6 Å². The van der Waals surface area contributed by atoms with Crippen molar-refractivity contribution in [3.8, 4) is 22.6 Å². The Morgan fingerprint density at radius 3 is 2.71 bits per heavy atom. The van der Waals surface area contributed by atoms with Crippen LogP contribution in [0.25, 0.3) is 27.6 Å². The summed E-state index contributed by atoms with van der Waals surface area (Å²) in [6, 6.07) is 15.6. The summed E-state index contributed by atoms with van der Waals surface area (Å²) in [6.07, 6.45) is 5.17. The zero-order chi connectivity index (χ0) is 26.3. The van der Waals surface area contributed by atoms with E-state index < -0.39 is 10.0 Å². The van der Waals surface area contributed by atoms with Gasteiger partial charge in [0.15, 0.2) is 4.96 Å². The Labute approximate surface area is 229 Å². The van der Waals surface area contributed by atoms with Gasteiger partial charge in [-0.25, -0.2) is 23.4 Å². The fraction of sp³-hybridized carbons (Fsp3) is 0.192. The molecule has 194 valence electrons. The number of benzene rings is 2. The Morgan fingerprint density at radius 1 is 1.08 bits per heavy atom. The molecule has 0 spiro atoms. The Balaban J connectivity index is 1.28. The van der Waals surface area contributed by atoms with E-state index in [9.17, 15) is 8.42 Å². The molecular formula is C26H24ClN7O2S2. The number of rotatable bonds is 6. The number of halogens is 1. The molecule has 12 heteroatoms. The second-order valence-electron chi connectivity index (χ2n) is 9.02. The number of para-hydroxylation sites is 1. The standard InChI is InChI=1S/C26H24ClN7O2S2/c27-17-7-9-19(10-8-17)38(35,36)33-13-3-4-18(16-33)30-25-29-12-11-22(31-25)24-23(20-5-1-2-6-21(20)28)32-26-34(24)14-15-37-26/h1-2,5-12,14-15,18H,3-4,13,16,28H2,(H,29,30,31)/t18-/m1/s1. The Kier molecular flexibility index (Phi) is 6.52. The summed E-state index contributed by atoms with van der Waals surface area (Å²) < 4.78 is 29.9. The number of aromatic nitrogens is 4. The van der Waals surface area contributed by atoms with Crippen LogP contribution in [0.5, 0.6) is 0 Å². The summed E-state index contributed by atoms with van der Waals surface area (Å²) in [5.74, 6) is 0.426. The highest BCUT2D eigenvalue weighted by atomic mass is 35.5. The number of fused-ring (bicyclic) bond motifs is 1. The van der Waals surface area contributed by atoms with Gasteiger partial charge in [-0.15, -0.1) is 11.3 Å². The minimum atomic E-state index is -3.63. The molecule has 0 unspecified atom stereocenters. The summed E-state index contributed by atoms with van der Waals surface area (Å²) in [4.78, 5) is 15.1. The predicted octanol–water partition coefficient (Wildman–Crippen LogP) is 5.02. The highest BCUT2D eigenvalue weighted by molar-refractivity contribution is 7.89. The van der Waals surface area contributed by atoms with Crippen molar-refractivity contribution in [3.63, 3.8) is 0 Å². The average molecular weight is 566 g/mol. The van der Waals surface area contributed by atoms with E-state index in [0.717, 1.165) is 34.8 Å². The number of hydrogen-bond acceptors (Lipinski definition) is 8. The lowest BCUT2D eigenvalue weighted by Gasteiger charge is -2.32. The summed E-state index contributed by atoms with van der Waals surface area (Å²) in [6.45, 7) is 0.768. The highest BCUT2D eigenvalue weighted by Crippen LogP contribution is 2.36. The quantitative estimate of drug-likeness (QED) is 0.277. The molecule has 4 heterocycles. The maximum Gasteiger partial charge on any atom is 0.243 e. The van der Waals surface area contributed by atoms with Gasteiger partial charge in [-0.2, -0.15) is 4.31 Å². The molecule has 3 aromatic heterocycles. The van der Waals surface area contributed by atoms with Crippen LogP contribution in [0.1, 0.15) is 12.8 Å². The van der Waals surface area contributed by atoms with Gasteiger partial charge < -0.3 is 11.1 Å². The summed E-state index contributed by atoms with van der Waals surface area (Å²) >= 11 is 7.48. The number of anilines is 2. The molecule has 0 aliphatic carbocycles. The van der Waals surface area contributed by atoms with Crippen molar-refractivity contribution in [1.82, 2.24) is 23.7 Å². The van der Waals surface area contributed by atoms with Gasteiger partial charge in [0.25, 0.3) is 0 Å². The number of thiazole rings is 1. The SMILES string of the molecule is Nc1ccccc1-c1nc2sccn2c1-c1ccnc(N[C@@H]2CCCN(S(=O)(=O)c3ccc(Cl)cc3)C2)n1. The molecule has 1 aliphatic heterocycles. The van der Waals surface area contributed by atoms with Crippen LogP contribution >= 0.6 is 22.9 Å². The first-order valence-electron chi connectivity index (χ1n) is 12.1. The molecule has 1 aliphatic rings. The van der Waals surface area contributed by atoms with E-state index in [2.05, 4.69) is 10.3 Å². The Bertz CT molecular complexity index is 1720. The molecule has 1 fully saturated rings. The maximum atomic E-state index is 13.2. The van der Waals surface area contributed by atoms with E-state index in [1.807, 2.05) is 46.3 Å². The molecule has 38 heavy (non-hydrogen) atoms. The number of nitrogen functional groups attached to an aromatic ring is 1. The molecule has 5 aromatic rings. The molecular weight excluding hydrogens is 542 g/mol. The molecule has 1 atom stereocenters. The van der Waals surface area contributed by atoms with Crippen LogP contribution in [0.2, 0.25) is 5.02 Å². The smallest absolute Gasteiger partial charge is 0.243 e. The first kappa shape index (κ1) is 24.8. The fourth-order valence-electron chi connectivity index (χ4n) is 4.71. The first-order chi connectivity index (χ1) is 18.4. The second-order valence-corrected chi connectivity index (χ2v) is 12.3. The molecule has 2 aromatic carbocycles. The zero-order valence-corrected chi connectivity index (χ0v) is 22.5. The normalized spacial score (nSPS) is 16.6. The molecule has 3 N–H and O–H groups in total. The van der Waals surface area contributed by atoms with Gasteiger partial charge in [-0.3, -0.25) is 4.40 Å². The van der Waals surface area contributed by atoms with E-state index in [1.165, 1.54) is 27.8 Å². The average Bonchev–Trinajstić information content (AvgIpc) is 3.51. The topological polar surface area (TPSA) is 119 Å². The second kappa shape index (κ2) is 9.99. The summed E-state index contributed by atoms with van der Waals surface area (Å²) in [7, 11) is -3.63. The fourth-order valence-corrected chi connectivity index (χ4v) is 7.07. The molecule has 0 bridgehead atoms. The van der Waals surface area contributed by atoms with Gasteiger partial charge in [0.2, 0.25) is 16.0 Å².